The molecule has 0 atom stereocenters. The monoisotopic (exact) mass is 938 g/mol. The molecule has 0 saturated carbocycles. The van der Waals surface area contributed by atoms with Crippen LogP contribution in [0.2, 0.25) is 0 Å². The molecule has 9 aromatic carbocycles. The third kappa shape index (κ3) is 6.26. The lowest BCUT2D eigenvalue weighted by Crippen LogP contribution is -2.61. The molecule has 71 heavy (non-hydrogen) atoms. The van der Waals surface area contributed by atoms with E-state index in [0.717, 1.165) is 67.4 Å². The van der Waals surface area contributed by atoms with E-state index in [2.05, 4.69) is 229 Å². The highest BCUT2D eigenvalue weighted by atomic mass is 32.2. The summed E-state index contributed by atoms with van der Waals surface area (Å²) in [6, 6.07) is 61.3. The van der Waals surface area contributed by atoms with Crippen LogP contribution in [0.5, 0.6) is 11.5 Å². The van der Waals surface area contributed by atoms with Crippen LogP contribution in [0.1, 0.15) is 83.6 Å². The molecule has 1 aromatic heterocycles. The van der Waals surface area contributed by atoms with Crippen molar-refractivity contribution in [2.24, 2.45) is 0 Å². The number of fused-ring (bicyclic) bond motifs is 13. The van der Waals surface area contributed by atoms with Crippen LogP contribution >= 0.6 is 11.8 Å². The van der Waals surface area contributed by atoms with E-state index in [4.69, 9.17) is 9.15 Å². The van der Waals surface area contributed by atoms with Gasteiger partial charge in [-0.3, -0.25) is 0 Å². The summed E-state index contributed by atoms with van der Waals surface area (Å²) in [5.74, 6) is 1.78. The molecule has 346 valence electrons. The van der Waals surface area contributed by atoms with Gasteiger partial charge in [-0.25, -0.2) is 0 Å². The first-order chi connectivity index (χ1) is 34.2. The summed E-state index contributed by atoms with van der Waals surface area (Å²) in [7, 11) is 0. The van der Waals surface area contributed by atoms with Gasteiger partial charge in [0.1, 0.15) is 22.7 Å². The first kappa shape index (κ1) is 42.7. The third-order valence-corrected chi connectivity index (χ3v) is 17.5. The van der Waals surface area contributed by atoms with Crippen LogP contribution in [0.3, 0.4) is 0 Å². The van der Waals surface area contributed by atoms with E-state index in [1.165, 1.54) is 83.3 Å². The Morgan fingerprint density at radius 1 is 0.577 bits per heavy atom. The minimum Gasteiger partial charge on any atom is -0.456 e. The number of anilines is 5. The molecule has 4 heterocycles. The Hall–Kier alpha value is -7.15. The zero-order chi connectivity index (χ0) is 48.3. The molecule has 0 saturated heterocycles. The maximum atomic E-state index is 7.01. The van der Waals surface area contributed by atoms with Gasteiger partial charge < -0.3 is 18.9 Å². The Kier molecular flexibility index (Phi) is 8.99. The van der Waals surface area contributed by atoms with Crippen molar-refractivity contribution in [1.82, 2.24) is 0 Å². The number of aryl methyl sites for hydroxylation is 1. The standard InChI is InChI=1S/C65H55BN2O2S/c1-38-32-46-47(65(7,8)31-30-64(46,5)6)35-51(38)67-52-37-58-56(70-54-24-16-17-25-57(54)71-58)36-48(52)66-61-45(33-40-20-12-13-21-42(40)62(61)67)59-50(28-29-55-60(59)43-22-14-15-23-53(43)69-55)68(66)49-27-26-41(63(2,3)4)34-44(49)39-18-10-9-11-19-39/h9-29,32-37H,30-31H2,1-8H3. The molecule has 6 heteroatoms. The zero-order valence-electron chi connectivity index (χ0n) is 41.7. The lowest BCUT2D eigenvalue weighted by Gasteiger charge is -2.48. The van der Waals surface area contributed by atoms with E-state index < -0.39 is 0 Å². The molecule has 4 nitrogen and oxygen atoms in total. The third-order valence-electron chi connectivity index (χ3n) is 16.4. The molecule has 0 fully saturated rings. The highest BCUT2D eigenvalue weighted by molar-refractivity contribution is 7.99. The van der Waals surface area contributed by atoms with E-state index in [0.29, 0.717) is 0 Å². The number of hydrogen-bond donors (Lipinski definition) is 0. The van der Waals surface area contributed by atoms with Gasteiger partial charge in [0.25, 0.3) is 0 Å². The second-order valence-electron chi connectivity index (χ2n) is 22.8. The molecule has 14 rings (SSSR count). The van der Waals surface area contributed by atoms with E-state index >= 15 is 0 Å². The second kappa shape index (κ2) is 14.9. The number of furan rings is 1. The number of benzene rings is 9. The van der Waals surface area contributed by atoms with Crippen LogP contribution in [0.4, 0.5) is 28.4 Å². The van der Waals surface area contributed by atoms with Crippen LogP contribution in [-0.2, 0) is 16.2 Å². The van der Waals surface area contributed by atoms with Crippen LogP contribution < -0.4 is 25.4 Å². The predicted molar refractivity (Wildman–Crippen MR) is 300 cm³/mol. The maximum absolute atomic E-state index is 7.01. The minimum absolute atomic E-state index is 0.00658. The average Bonchev–Trinajstić information content (AvgIpc) is 3.76. The molecule has 0 amide bonds. The number of hydrogen-bond acceptors (Lipinski definition) is 5. The molecule has 0 bridgehead atoms. The molecule has 4 aliphatic rings. The summed E-state index contributed by atoms with van der Waals surface area (Å²) in [4.78, 5) is 7.59. The van der Waals surface area contributed by atoms with Gasteiger partial charge in [-0.1, -0.05) is 157 Å². The first-order valence-electron chi connectivity index (χ1n) is 25.3. The number of rotatable bonds is 3. The number of ether oxygens (including phenoxy) is 1. The smallest absolute Gasteiger partial charge is 0.333 e. The van der Waals surface area contributed by atoms with Crippen molar-refractivity contribution in [1.29, 1.82) is 0 Å². The van der Waals surface area contributed by atoms with Crippen molar-refractivity contribution in [3.05, 3.63) is 186 Å². The van der Waals surface area contributed by atoms with Crippen molar-refractivity contribution < 1.29 is 9.15 Å². The number of nitrogens with zero attached hydrogens (tertiary/aromatic N) is 2. The fraction of sp³-hybridized carbons (Fsp3) is 0.200. The molecule has 1 aliphatic carbocycles. The van der Waals surface area contributed by atoms with E-state index in [1.807, 2.05) is 11.8 Å². The van der Waals surface area contributed by atoms with Crippen LogP contribution in [0, 0.1) is 6.92 Å². The summed E-state index contributed by atoms with van der Waals surface area (Å²) in [5.41, 5.74) is 20.5. The molecule has 10 aromatic rings. The Bertz CT molecular complexity index is 3920. The molecule has 0 N–H and O–H groups in total. The summed E-state index contributed by atoms with van der Waals surface area (Å²) >= 11 is 1.81. The normalized spacial score (nSPS) is 16.0. The Labute approximate surface area is 421 Å². The summed E-state index contributed by atoms with van der Waals surface area (Å²) < 4.78 is 13.8. The molecular weight excluding hydrogens is 884 g/mol. The number of para-hydroxylation sites is 2. The Morgan fingerprint density at radius 3 is 2.08 bits per heavy atom. The first-order valence-corrected chi connectivity index (χ1v) is 26.1. The van der Waals surface area contributed by atoms with Gasteiger partial charge in [-0.2, -0.15) is 0 Å². The van der Waals surface area contributed by atoms with Gasteiger partial charge in [0.15, 0.2) is 0 Å². The Balaban J connectivity index is 1.17. The quantitative estimate of drug-likeness (QED) is 0.165. The molecule has 3 aliphatic heterocycles. The van der Waals surface area contributed by atoms with Crippen LogP contribution in [-0.4, -0.2) is 6.85 Å². The largest absolute Gasteiger partial charge is 0.456 e. The van der Waals surface area contributed by atoms with Gasteiger partial charge in [0, 0.05) is 50.0 Å². The van der Waals surface area contributed by atoms with E-state index in [1.54, 1.807) is 0 Å². The van der Waals surface area contributed by atoms with Crippen molar-refractivity contribution in [3.63, 3.8) is 0 Å². The van der Waals surface area contributed by atoms with Gasteiger partial charge in [-0.15, -0.1) is 0 Å². The van der Waals surface area contributed by atoms with Gasteiger partial charge >= 0.3 is 6.85 Å². The molecular formula is C65H55BN2O2S. The molecule has 0 unspecified atom stereocenters. The minimum atomic E-state index is -0.258. The van der Waals surface area contributed by atoms with Gasteiger partial charge in [0.2, 0.25) is 0 Å². The van der Waals surface area contributed by atoms with Gasteiger partial charge in [0.05, 0.1) is 15.5 Å². The zero-order valence-corrected chi connectivity index (χ0v) is 42.5. The van der Waals surface area contributed by atoms with Crippen molar-refractivity contribution in [2.45, 2.75) is 94.3 Å². The second-order valence-corrected chi connectivity index (χ2v) is 23.8. The average molecular weight is 939 g/mol. The summed E-state index contributed by atoms with van der Waals surface area (Å²) in [6.45, 7) is 18.8. The van der Waals surface area contributed by atoms with Crippen molar-refractivity contribution in [3.8, 4) is 33.8 Å². The van der Waals surface area contributed by atoms with E-state index in [9.17, 15) is 0 Å². The van der Waals surface area contributed by atoms with Crippen molar-refractivity contribution in [2.75, 3.05) is 9.71 Å². The summed E-state index contributed by atoms with van der Waals surface area (Å²) in [5, 5.41) is 4.69. The van der Waals surface area contributed by atoms with Crippen LogP contribution in [0.25, 0.3) is 55.0 Å². The highest BCUT2D eigenvalue weighted by Crippen LogP contribution is 2.57. The topological polar surface area (TPSA) is 28.9 Å². The lowest BCUT2D eigenvalue weighted by molar-refractivity contribution is 0.332. The fourth-order valence-corrected chi connectivity index (χ4v) is 13.5. The highest BCUT2D eigenvalue weighted by Gasteiger charge is 2.49. The molecule has 0 spiro atoms. The SMILES string of the molecule is Cc1cc2c(cc1N1c3cc4c(cc3B3c5c(cc6ccccc6c51)-c1c(ccc5oc6ccccc6c15)N3c1ccc(C(C)(C)C)cc1-c1ccccc1)Oc1ccccc1S4)C(C)(C)CCC2(C)C. The van der Waals surface area contributed by atoms with Gasteiger partial charge in [-0.05, 0) is 152 Å². The van der Waals surface area contributed by atoms with Crippen LogP contribution in [0.15, 0.2) is 178 Å². The fourth-order valence-electron chi connectivity index (χ4n) is 12.6. The summed E-state index contributed by atoms with van der Waals surface area (Å²) in [6.07, 6.45) is 2.30. The van der Waals surface area contributed by atoms with E-state index in [-0.39, 0.29) is 23.1 Å². The van der Waals surface area contributed by atoms with Crippen molar-refractivity contribution >= 4 is 90.7 Å². The molecule has 0 radical (unpaired) electrons. The lowest BCUT2D eigenvalue weighted by atomic mass is 9.43. The Morgan fingerprint density at radius 2 is 1.28 bits per heavy atom. The maximum Gasteiger partial charge on any atom is 0.333 e. The predicted octanol–water partition coefficient (Wildman–Crippen LogP) is 17.3.